The number of nitrogen functional groups attached to an aromatic ring is 1. The van der Waals surface area contributed by atoms with Gasteiger partial charge in [-0.3, -0.25) is 0 Å². The zero-order valence-electron chi connectivity index (χ0n) is 11.8. The Kier molecular flexibility index (Phi) is 3.25. The number of nitrogens with one attached hydrogen (secondary N) is 2. The fraction of sp³-hybridized carbons (Fsp3) is 0. The van der Waals surface area contributed by atoms with Crippen LogP contribution < -0.4 is 11.1 Å². The van der Waals surface area contributed by atoms with Gasteiger partial charge >= 0.3 is 0 Å². The van der Waals surface area contributed by atoms with Crippen molar-refractivity contribution in [2.24, 2.45) is 0 Å². The van der Waals surface area contributed by atoms with Gasteiger partial charge in [0.15, 0.2) is 0 Å². The summed E-state index contributed by atoms with van der Waals surface area (Å²) in [7, 11) is 0. The summed E-state index contributed by atoms with van der Waals surface area (Å²) in [6.07, 6.45) is 0. The van der Waals surface area contributed by atoms with Gasteiger partial charge in [0.1, 0.15) is 11.5 Å². The molecular weight excluding hydrogens is 333 g/mol. The lowest BCUT2D eigenvalue weighted by Gasteiger charge is -2.08. The first kappa shape index (κ1) is 14.1. The van der Waals surface area contributed by atoms with Gasteiger partial charge in [0.25, 0.3) is 0 Å². The molecule has 0 aliphatic heterocycles. The lowest BCUT2D eigenvalue weighted by atomic mass is 10.2. The average molecular weight is 344 g/mol. The predicted molar refractivity (Wildman–Crippen MR) is 95.6 cm³/mol. The lowest BCUT2D eigenvalue weighted by molar-refractivity contribution is 1.22. The maximum Gasteiger partial charge on any atom is 0.224 e. The molecule has 2 aromatic heterocycles. The van der Waals surface area contributed by atoms with Crippen LogP contribution in [0.3, 0.4) is 0 Å². The maximum absolute atomic E-state index is 6.36. The molecule has 4 aromatic rings. The van der Waals surface area contributed by atoms with Crippen LogP contribution in [-0.2, 0) is 0 Å². The second kappa shape index (κ2) is 5.30. The number of fused-ring (bicyclic) bond motifs is 3. The molecule has 0 spiro atoms. The van der Waals surface area contributed by atoms with Crippen LogP contribution in [0.5, 0.6) is 0 Å². The van der Waals surface area contributed by atoms with Crippen molar-refractivity contribution in [3.05, 3.63) is 52.5 Å². The highest BCUT2D eigenvalue weighted by Gasteiger charge is 2.15. The fourth-order valence-corrected chi connectivity index (χ4v) is 2.97. The Morgan fingerprint density at radius 1 is 0.957 bits per heavy atom. The zero-order chi connectivity index (χ0) is 16.0. The number of hydrogen-bond acceptors (Lipinski definition) is 4. The molecular formula is C16H11Cl2N5. The van der Waals surface area contributed by atoms with Crippen LogP contribution >= 0.6 is 23.2 Å². The molecule has 0 radical (unpaired) electrons. The van der Waals surface area contributed by atoms with E-state index in [1.165, 1.54) is 0 Å². The van der Waals surface area contributed by atoms with E-state index in [1.54, 1.807) is 12.1 Å². The second-order valence-corrected chi connectivity index (χ2v) is 5.92. The van der Waals surface area contributed by atoms with E-state index in [4.69, 9.17) is 28.9 Å². The van der Waals surface area contributed by atoms with E-state index in [1.807, 2.05) is 30.3 Å². The minimum atomic E-state index is 0.177. The Morgan fingerprint density at radius 2 is 1.74 bits per heavy atom. The normalized spacial score (nSPS) is 11.2. The molecule has 0 fully saturated rings. The van der Waals surface area contributed by atoms with E-state index < -0.39 is 0 Å². The Hall–Kier alpha value is -2.50. The van der Waals surface area contributed by atoms with Crippen LogP contribution in [0.25, 0.3) is 21.9 Å². The van der Waals surface area contributed by atoms with Crippen molar-refractivity contribution in [2.45, 2.75) is 0 Å². The molecule has 0 bridgehead atoms. The molecule has 0 aliphatic rings. The van der Waals surface area contributed by atoms with Crippen LogP contribution in [0.2, 0.25) is 10.0 Å². The van der Waals surface area contributed by atoms with Crippen molar-refractivity contribution in [3.8, 4) is 0 Å². The monoisotopic (exact) mass is 343 g/mol. The number of H-pyrrole nitrogens is 1. The summed E-state index contributed by atoms with van der Waals surface area (Å²) >= 11 is 12.3. The van der Waals surface area contributed by atoms with Gasteiger partial charge in [0.05, 0.1) is 10.4 Å². The molecule has 7 heteroatoms. The van der Waals surface area contributed by atoms with Crippen LogP contribution in [0.1, 0.15) is 0 Å². The van der Waals surface area contributed by atoms with E-state index in [9.17, 15) is 0 Å². The maximum atomic E-state index is 6.36. The standard InChI is InChI=1S/C16H11Cl2N5/c17-8-4-6-9(7-5-8)20-14-13-12-10(18)2-1-3-11(12)21-15(13)23-16(19)22-14/h1-7H,(H4,19,20,21,22,23). The van der Waals surface area contributed by atoms with Gasteiger partial charge < -0.3 is 16.0 Å². The van der Waals surface area contributed by atoms with E-state index in [0.29, 0.717) is 21.5 Å². The number of rotatable bonds is 2. The number of hydrogen-bond donors (Lipinski definition) is 3. The number of anilines is 3. The van der Waals surface area contributed by atoms with Crippen molar-refractivity contribution in [2.75, 3.05) is 11.1 Å². The molecule has 0 saturated heterocycles. The number of halogens is 2. The average Bonchev–Trinajstić information content (AvgIpc) is 2.89. The number of nitrogens with zero attached hydrogens (tertiary/aromatic N) is 2. The van der Waals surface area contributed by atoms with Crippen molar-refractivity contribution in [1.82, 2.24) is 15.0 Å². The van der Waals surface area contributed by atoms with Gasteiger partial charge in [-0.1, -0.05) is 29.3 Å². The largest absolute Gasteiger partial charge is 0.368 e. The number of nitrogens with two attached hydrogens (primary N) is 1. The van der Waals surface area contributed by atoms with Gasteiger partial charge in [-0.15, -0.1) is 0 Å². The van der Waals surface area contributed by atoms with E-state index in [2.05, 4.69) is 20.3 Å². The summed E-state index contributed by atoms with van der Waals surface area (Å²) < 4.78 is 0. The molecule has 5 nitrogen and oxygen atoms in total. The molecule has 0 unspecified atom stereocenters. The summed E-state index contributed by atoms with van der Waals surface area (Å²) in [6, 6.07) is 13.0. The minimum Gasteiger partial charge on any atom is -0.368 e. The Labute approximate surface area is 141 Å². The molecule has 23 heavy (non-hydrogen) atoms. The molecule has 0 amide bonds. The third kappa shape index (κ3) is 2.44. The van der Waals surface area contributed by atoms with Gasteiger partial charge in [0, 0.05) is 21.6 Å². The first-order valence-electron chi connectivity index (χ1n) is 6.88. The van der Waals surface area contributed by atoms with Crippen LogP contribution in [0.15, 0.2) is 42.5 Å². The highest BCUT2D eigenvalue weighted by atomic mass is 35.5. The van der Waals surface area contributed by atoms with Gasteiger partial charge in [-0.05, 0) is 36.4 Å². The summed E-state index contributed by atoms with van der Waals surface area (Å²) in [4.78, 5) is 11.8. The molecule has 4 rings (SSSR count). The minimum absolute atomic E-state index is 0.177. The third-order valence-electron chi connectivity index (χ3n) is 3.55. The van der Waals surface area contributed by atoms with Crippen molar-refractivity contribution < 1.29 is 0 Å². The van der Waals surface area contributed by atoms with Crippen LogP contribution in [0.4, 0.5) is 17.5 Å². The lowest BCUT2D eigenvalue weighted by Crippen LogP contribution is -2.00. The van der Waals surface area contributed by atoms with Crippen LogP contribution in [-0.4, -0.2) is 15.0 Å². The summed E-state index contributed by atoms with van der Waals surface area (Å²) in [6.45, 7) is 0. The first-order chi connectivity index (χ1) is 11.1. The molecule has 2 aromatic carbocycles. The van der Waals surface area contributed by atoms with E-state index in [-0.39, 0.29) is 5.95 Å². The highest BCUT2D eigenvalue weighted by molar-refractivity contribution is 6.38. The Balaban J connectivity index is 1.97. The van der Waals surface area contributed by atoms with Gasteiger partial charge in [-0.2, -0.15) is 9.97 Å². The van der Waals surface area contributed by atoms with Crippen molar-refractivity contribution >= 4 is 62.6 Å². The highest BCUT2D eigenvalue weighted by Crippen LogP contribution is 2.35. The molecule has 0 saturated carbocycles. The molecule has 0 atom stereocenters. The summed E-state index contributed by atoms with van der Waals surface area (Å²) in [5, 5.41) is 6.21. The number of aromatic amines is 1. The van der Waals surface area contributed by atoms with Crippen LogP contribution in [0, 0.1) is 0 Å². The molecule has 4 N–H and O–H groups in total. The third-order valence-corrected chi connectivity index (χ3v) is 4.12. The SMILES string of the molecule is Nc1nc(Nc2ccc(Cl)cc2)c2c(n1)[nH]c1cccc(Cl)c12. The second-order valence-electron chi connectivity index (χ2n) is 5.07. The van der Waals surface area contributed by atoms with E-state index >= 15 is 0 Å². The van der Waals surface area contributed by atoms with Crippen molar-refractivity contribution in [3.63, 3.8) is 0 Å². The first-order valence-corrected chi connectivity index (χ1v) is 7.63. The van der Waals surface area contributed by atoms with Crippen molar-refractivity contribution in [1.29, 1.82) is 0 Å². The predicted octanol–water partition coefficient (Wildman–Crippen LogP) is 4.74. The smallest absolute Gasteiger partial charge is 0.224 e. The quantitative estimate of drug-likeness (QED) is 0.490. The zero-order valence-corrected chi connectivity index (χ0v) is 13.3. The Morgan fingerprint density at radius 3 is 2.52 bits per heavy atom. The topological polar surface area (TPSA) is 79.6 Å². The summed E-state index contributed by atoms with van der Waals surface area (Å²) in [5.41, 5.74) is 8.19. The number of aromatic nitrogens is 3. The van der Waals surface area contributed by atoms with Gasteiger partial charge in [0.2, 0.25) is 5.95 Å². The molecule has 0 aliphatic carbocycles. The molecule has 114 valence electrons. The summed E-state index contributed by atoms with van der Waals surface area (Å²) in [5.74, 6) is 0.769. The Bertz CT molecular complexity index is 1020. The number of benzene rings is 2. The fourth-order valence-electron chi connectivity index (χ4n) is 2.58. The van der Waals surface area contributed by atoms with E-state index in [0.717, 1.165) is 22.0 Å². The molecule has 2 heterocycles. The van der Waals surface area contributed by atoms with Gasteiger partial charge in [-0.25, -0.2) is 0 Å².